The number of carbonyl (C=O) groups excluding carboxylic acids is 2. The van der Waals surface area contributed by atoms with Crippen molar-refractivity contribution < 1.29 is 28.2 Å². The highest BCUT2D eigenvalue weighted by Crippen LogP contribution is 2.39. The Morgan fingerprint density at radius 3 is 2.38 bits per heavy atom. The maximum Gasteiger partial charge on any atom is 0.256 e. The normalized spacial score (nSPS) is 15.3. The molecule has 0 bridgehead atoms. The Morgan fingerprint density at radius 1 is 1.09 bits per heavy atom. The first kappa shape index (κ1) is 23.3. The average Bonchev–Trinajstić information content (AvgIpc) is 2.78. The van der Waals surface area contributed by atoms with Crippen LogP contribution in [-0.2, 0) is 9.59 Å². The summed E-state index contributed by atoms with van der Waals surface area (Å²) in [6.45, 7) is 0.311. The van der Waals surface area contributed by atoms with E-state index in [4.69, 9.17) is 25.8 Å². The molecule has 8 heteroatoms. The second-order valence-corrected chi connectivity index (χ2v) is 7.43. The van der Waals surface area contributed by atoms with E-state index in [0.29, 0.717) is 53.3 Å². The molecule has 0 radical (unpaired) electrons. The van der Waals surface area contributed by atoms with Crippen molar-refractivity contribution in [3.63, 3.8) is 0 Å². The van der Waals surface area contributed by atoms with E-state index in [1.807, 2.05) is 0 Å². The van der Waals surface area contributed by atoms with Gasteiger partial charge >= 0.3 is 0 Å². The van der Waals surface area contributed by atoms with Crippen LogP contribution in [0.25, 0.3) is 12.2 Å². The number of halogens is 2. The van der Waals surface area contributed by atoms with Gasteiger partial charge in [0.1, 0.15) is 5.82 Å². The SMILES string of the molecule is COc1cc(/C=C2\CCCN(C(=O)/C=C/c3ccc(F)cc3Cl)C2=O)cc(OC)c1OC. The van der Waals surface area contributed by atoms with Crippen LogP contribution in [0.1, 0.15) is 24.0 Å². The summed E-state index contributed by atoms with van der Waals surface area (Å²) in [5.74, 6) is 0.0820. The summed E-state index contributed by atoms with van der Waals surface area (Å²) in [5, 5.41) is 0.182. The van der Waals surface area contributed by atoms with Crippen LogP contribution in [0.5, 0.6) is 17.2 Å². The van der Waals surface area contributed by atoms with Crippen LogP contribution in [0.4, 0.5) is 4.39 Å². The monoisotopic (exact) mass is 459 g/mol. The molecular weight excluding hydrogens is 437 g/mol. The lowest BCUT2D eigenvalue weighted by Crippen LogP contribution is -2.40. The zero-order valence-electron chi connectivity index (χ0n) is 18.0. The van der Waals surface area contributed by atoms with Gasteiger partial charge in [-0.15, -0.1) is 0 Å². The third-order valence-corrected chi connectivity index (χ3v) is 5.34. The van der Waals surface area contributed by atoms with Crippen molar-refractivity contribution in [3.05, 3.63) is 63.9 Å². The highest BCUT2D eigenvalue weighted by atomic mass is 35.5. The predicted molar refractivity (Wildman–Crippen MR) is 120 cm³/mol. The summed E-state index contributed by atoms with van der Waals surface area (Å²) in [5.41, 5.74) is 1.66. The number of methoxy groups -OCH3 is 3. The van der Waals surface area contributed by atoms with Crippen LogP contribution < -0.4 is 14.2 Å². The largest absolute Gasteiger partial charge is 0.493 e. The number of likely N-dealkylation sites (tertiary alicyclic amines) is 1. The zero-order valence-corrected chi connectivity index (χ0v) is 18.7. The van der Waals surface area contributed by atoms with Crippen LogP contribution in [0, 0.1) is 5.82 Å². The number of nitrogens with zero attached hydrogens (tertiary/aromatic N) is 1. The van der Waals surface area contributed by atoms with Crippen LogP contribution >= 0.6 is 11.6 Å². The summed E-state index contributed by atoms with van der Waals surface area (Å²) in [4.78, 5) is 26.8. The fourth-order valence-electron chi connectivity index (χ4n) is 3.43. The van der Waals surface area contributed by atoms with Gasteiger partial charge < -0.3 is 14.2 Å². The van der Waals surface area contributed by atoms with Gasteiger partial charge in [-0.1, -0.05) is 17.7 Å². The van der Waals surface area contributed by atoms with Crippen molar-refractivity contribution in [1.29, 1.82) is 0 Å². The summed E-state index contributed by atoms with van der Waals surface area (Å²) in [7, 11) is 4.54. The first-order valence-electron chi connectivity index (χ1n) is 9.87. The molecule has 6 nitrogen and oxygen atoms in total. The number of benzene rings is 2. The highest BCUT2D eigenvalue weighted by Gasteiger charge is 2.27. The molecule has 32 heavy (non-hydrogen) atoms. The van der Waals surface area contributed by atoms with Crippen molar-refractivity contribution in [2.75, 3.05) is 27.9 Å². The van der Waals surface area contributed by atoms with Crippen LogP contribution in [0.2, 0.25) is 5.02 Å². The fraction of sp³-hybridized carbons (Fsp3) is 0.250. The molecule has 0 saturated carbocycles. The first-order chi connectivity index (χ1) is 15.4. The fourth-order valence-corrected chi connectivity index (χ4v) is 3.66. The maximum atomic E-state index is 13.2. The number of hydrogen-bond donors (Lipinski definition) is 0. The van der Waals surface area contributed by atoms with Crippen molar-refractivity contribution >= 4 is 35.6 Å². The Bertz CT molecular complexity index is 1070. The van der Waals surface area contributed by atoms with E-state index >= 15 is 0 Å². The molecule has 2 aromatic carbocycles. The quantitative estimate of drug-likeness (QED) is 0.583. The molecular formula is C24H23ClFNO5. The molecule has 0 unspecified atom stereocenters. The van der Waals surface area contributed by atoms with Crippen LogP contribution in [0.3, 0.4) is 0 Å². The Kier molecular flexibility index (Phi) is 7.53. The molecule has 1 aliphatic rings. The molecule has 0 atom stereocenters. The van der Waals surface area contributed by atoms with E-state index in [1.165, 1.54) is 50.5 Å². The van der Waals surface area contributed by atoms with Crippen molar-refractivity contribution in [2.45, 2.75) is 12.8 Å². The van der Waals surface area contributed by atoms with Gasteiger partial charge in [-0.25, -0.2) is 4.39 Å². The minimum Gasteiger partial charge on any atom is -0.493 e. The number of hydrogen-bond acceptors (Lipinski definition) is 5. The maximum absolute atomic E-state index is 13.2. The molecule has 0 aromatic heterocycles. The van der Waals surface area contributed by atoms with Gasteiger partial charge in [0.15, 0.2) is 11.5 Å². The highest BCUT2D eigenvalue weighted by molar-refractivity contribution is 6.32. The second kappa shape index (κ2) is 10.3. The van der Waals surface area contributed by atoms with Gasteiger partial charge in [-0.05, 0) is 60.4 Å². The first-order valence-corrected chi connectivity index (χ1v) is 10.2. The summed E-state index contributed by atoms with van der Waals surface area (Å²) in [6.07, 6.45) is 5.62. The molecule has 3 rings (SSSR count). The smallest absolute Gasteiger partial charge is 0.256 e. The van der Waals surface area contributed by atoms with Gasteiger partial charge in [-0.2, -0.15) is 0 Å². The molecule has 168 valence electrons. The summed E-state index contributed by atoms with van der Waals surface area (Å²) in [6, 6.07) is 7.35. The lowest BCUT2D eigenvalue weighted by atomic mass is 10.00. The van der Waals surface area contributed by atoms with Gasteiger partial charge in [0.25, 0.3) is 11.8 Å². The zero-order chi connectivity index (χ0) is 23.3. The average molecular weight is 460 g/mol. The van der Waals surface area contributed by atoms with Gasteiger partial charge in [0, 0.05) is 18.2 Å². The molecule has 1 aliphatic heterocycles. The van der Waals surface area contributed by atoms with Crippen molar-refractivity contribution in [1.82, 2.24) is 4.90 Å². The lowest BCUT2D eigenvalue weighted by molar-refractivity contribution is -0.140. The molecule has 0 aliphatic carbocycles. The lowest BCUT2D eigenvalue weighted by Gasteiger charge is -2.26. The Hall–Kier alpha value is -3.32. The second-order valence-electron chi connectivity index (χ2n) is 7.03. The number of rotatable bonds is 6. The topological polar surface area (TPSA) is 65.1 Å². The van der Waals surface area contributed by atoms with Crippen LogP contribution in [-0.4, -0.2) is 44.6 Å². The molecule has 1 heterocycles. The minimum absolute atomic E-state index is 0.182. The molecule has 2 aromatic rings. The van der Waals surface area contributed by atoms with Gasteiger partial charge in [-0.3, -0.25) is 14.5 Å². The Labute approximate surface area is 190 Å². The van der Waals surface area contributed by atoms with E-state index < -0.39 is 11.7 Å². The summed E-state index contributed by atoms with van der Waals surface area (Å²) < 4.78 is 29.2. The third kappa shape index (κ3) is 5.11. The van der Waals surface area contributed by atoms with E-state index in [-0.39, 0.29) is 10.9 Å². The molecule has 0 N–H and O–H groups in total. The van der Waals surface area contributed by atoms with Crippen molar-refractivity contribution in [3.8, 4) is 17.2 Å². The summed E-state index contributed by atoms with van der Waals surface area (Å²) >= 11 is 5.99. The standard InChI is InChI=1S/C24H23ClFNO5/c1-30-20-12-15(13-21(31-2)23(20)32-3)11-17-5-4-10-27(24(17)29)22(28)9-7-16-6-8-18(26)14-19(16)25/h6-9,11-14H,4-5,10H2,1-3H3/b9-7+,17-11+. The van der Waals surface area contributed by atoms with Gasteiger partial charge in [0.2, 0.25) is 5.75 Å². The molecule has 1 saturated heterocycles. The predicted octanol–water partition coefficient (Wildman–Crippen LogP) is 4.75. The van der Waals surface area contributed by atoms with E-state index in [9.17, 15) is 14.0 Å². The van der Waals surface area contributed by atoms with Crippen LogP contribution in [0.15, 0.2) is 42.0 Å². The number of carbonyl (C=O) groups is 2. The third-order valence-electron chi connectivity index (χ3n) is 5.01. The molecule has 1 fully saturated rings. The number of ether oxygens (including phenoxy) is 3. The Balaban J connectivity index is 1.83. The van der Waals surface area contributed by atoms with E-state index in [1.54, 1.807) is 18.2 Å². The van der Waals surface area contributed by atoms with E-state index in [2.05, 4.69) is 0 Å². The van der Waals surface area contributed by atoms with Gasteiger partial charge in [0.05, 0.1) is 26.4 Å². The minimum atomic E-state index is -0.467. The number of amides is 2. The molecule has 0 spiro atoms. The molecule has 2 amide bonds. The number of imide groups is 1. The Morgan fingerprint density at radius 2 is 1.78 bits per heavy atom. The van der Waals surface area contributed by atoms with Crippen molar-refractivity contribution in [2.24, 2.45) is 0 Å². The van der Waals surface area contributed by atoms with E-state index in [0.717, 1.165) is 6.07 Å². The number of piperidine rings is 1.